The molecule has 1 aromatic heterocycles. The fourth-order valence-electron chi connectivity index (χ4n) is 0.717. The summed E-state index contributed by atoms with van der Waals surface area (Å²) < 4.78 is 5.08. The van der Waals surface area contributed by atoms with E-state index in [1.807, 2.05) is 13.0 Å². The SMILES string of the molecule is Cc1cc(C(C)(C)C)on1. The van der Waals surface area contributed by atoms with Crippen LogP contribution in [-0.2, 0) is 5.41 Å². The van der Waals surface area contributed by atoms with Crippen molar-refractivity contribution in [2.75, 3.05) is 0 Å². The van der Waals surface area contributed by atoms with Gasteiger partial charge in [0.15, 0.2) is 0 Å². The third kappa shape index (κ3) is 1.38. The molecule has 0 aliphatic carbocycles. The van der Waals surface area contributed by atoms with Crippen LogP contribution in [0.3, 0.4) is 0 Å². The molecule has 0 saturated carbocycles. The Bertz CT molecular complexity index is 219. The minimum Gasteiger partial charge on any atom is -0.361 e. The van der Waals surface area contributed by atoms with E-state index in [0.29, 0.717) is 0 Å². The van der Waals surface area contributed by atoms with Gasteiger partial charge in [-0.15, -0.1) is 0 Å². The molecule has 0 radical (unpaired) electrons. The maximum atomic E-state index is 5.08. The minimum absolute atomic E-state index is 0.0846. The lowest BCUT2D eigenvalue weighted by molar-refractivity contribution is 0.327. The van der Waals surface area contributed by atoms with E-state index in [1.165, 1.54) is 0 Å². The molecule has 1 heterocycles. The zero-order valence-electron chi connectivity index (χ0n) is 6.93. The number of aromatic nitrogens is 1. The van der Waals surface area contributed by atoms with E-state index in [-0.39, 0.29) is 5.41 Å². The van der Waals surface area contributed by atoms with Crippen molar-refractivity contribution in [1.29, 1.82) is 0 Å². The summed E-state index contributed by atoms with van der Waals surface area (Å²) in [6.07, 6.45) is 0. The van der Waals surface area contributed by atoms with Crippen LogP contribution in [0.5, 0.6) is 0 Å². The molecule has 0 aromatic carbocycles. The van der Waals surface area contributed by atoms with Crippen molar-refractivity contribution in [3.05, 3.63) is 17.5 Å². The van der Waals surface area contributed by atoms with Crippen molar-refractivity contribution in [1.82, 2.24) is 5.16 Å². The largest absolute Gasteiger partial charge is 0.361 e. The molecule has 0 aliphatic rings. The highest BCUT2D eigenvalue weighted by Gasteiger charge is 2.18. The molecule has 0 unspecified atom stereocenters. The van der Waals surface area contributed by atoms with Crippen molar-refractivity contribution in [2.45, 2.75) is 33.1 Å². The predicted octanol–water partition coefficient (Wildman–Crippen LogP) is 2.28. The Kier molecular flexibility index (Phi) is 1.55. The van der Waals surface area contributed by atoms with E-state index in [0.717, 1.165) is 11.5 Å². The number of aryl methyl sites for hydroxylation is 1. The Morgan fingerprint density at radius 2 is 2.00 bits per heavy atom. The lowest BCUT2D eigenvalue weighted by atomic mass is 9.93. The molecular formula is C8H13NO. The molecule has 2 heteroatoms. The van der Waals surface area contributed by atoms with E-state index in [9.17, 15) is 0 Å². The van der Waals surface area contributed by atoms with Gasteiger partial charge >= 0.3 is 0 Å². The second kappa shape index (κ2) is 2.11. The molecule has 1 aromatic rings. The molecular weight excluding hydrogens is 126 g/mol. The Balaban J connectivity index is 2.96. The standard InChI is InChI=1S/C8H13NO/c1-6-5-7(10-9-6)8(2,3)4/h5H,1-4H3. The van der Waals surface area contributed by atoms with Gasteiger partial charge in [0.25, 0.3) is 0 Å². The van der Waals surface area contributed by atoms with Gasteiger partial charge in [-0.25, -0.2) is 0 Å². The summed E-state index contributed by atoms with van der Waals surface area (Å²) >= 11 is 0. The molecule has 2 nitrogen and oxygen atoms in total. The first-order chi connectivity index (χ1) is 4.50. The molecule has 56 valence electrons. The van der Waals surface area contributed by atoms with Gasteiger partial charge in [-0.2, -0.15) is 0 Å². The van der Waals surface area contributed by atoms with Crippen LogP contribution in [0, 0.1) is 6.92 Å². The van der Waals surface area contributed by atoms with Crippen LogP contribution < -0.4 is 0 Å². The Morgan fingerprint density at radius 1 is 1.40 bits per heavy atom. The monoisotopic (exact) mass is 139 g/mol. The summed E-state index contributed by atoms with van der Waals surface area (Å²) in [5.41, 5.74) is 1.03. The maximum absolute atomic E-state index is 5.08. The molecule has 0 bridgehead atoms. The summed E-state index contributed by atoms with van der Waals surface area (Å²) in [5.74, 6) is 0.949. The van der Waals surface area contributed by atoms with Gasteiger partial charge in [0.2, 0.25) is 0 Å². The molecule has 0 atom stereocenters. The number of rotatable bonds is 0. The van der Waals surface area contributed by atoms with Gasteiger partial charge in [-0.3, -0.25) is 0 Å². The van der Waals surface area contributed by atoms with Gasteiger partial charge in [0, 0.05) is 11.5 Å². The highest BCUT2D eigenvalue weighted by Crippen LogP contribution is 2.21. The predicted molar refractivity (Wildman–Crippen MR) is 39.9 cm³/mol. The summed E-state index contributed by atoms with van der Waals surface area (Å²) in [7, 11) is 0. The van der Waals surface area contributed by atoms with Crippen LogP contribution in [0.2, 0.25) is 0 Å². The molecule has 0 fully saturated rings. The summed E-state index contributed by atoms with van der Waals surface area (Å²) in [6, 6.07) is 1.97. The lowest BCUT2D eigenvalue weighted by Gasteiger charge is -2.11. The highest BCUT2D eigenvalue weighted by molar-refractivity contribution is 5.11. The van der Waals surface area contributed by atoms with Crippen LogP contribution in [0.15, 0.2) is 10.6 Å². The molecule has 10 heavy (non-hydrogen) atoms. The van der Waals surface area contributed by atoms with Gasteiger partial charge in [-0.1, -0.05) is 25.9 Å². The quantitative estimate of drug-likeness (QED) is 0.551. The molecule has 1 rings (SSSR count). The zero-order valence-corrected chi connectivity index (χ0v) is 6.93. The second-order valence-electron chi connectivity index (χ2n) is 3.58. The van der Waals surface area contributed by atoms with Crippen molar-refractivity contribution >= 4 is 0 Å². The van der Waals surface area contributed by atoms with Gasteiger partial charge in [0.05, 0.1) is 5.69 Å². The summed E-state index contributed by atoms with van der Waals surface area (Å²) in [4.78, 5) is 0. The van der Waals surface area contributed by atoms with Crippen molar-refractivity contribution < 1.29 is 4.52 Å². The molecule has 0 amide bonds. The fraction of sp³-hybridized carbons (Fsp3) is 0.625. The molecule has 0 N–H and O–H groups in total. The van der Waals surface area contributed by atoms with Crippen LogP contribution in [0.1, 0.15) is 32.2 Å². The Labute approximate surface area is 61.2 Å². The highest BCUT2D eigenvalue weighted by atomic mass is 16.5. The third-order valence-corrected chi connectivity index (χ3v) is 1.37. The zero-order chi connectivity index (χ0) is 7.78. The number of hydrogen-bond acceptors (Lipinski definition) is 2. The van der Waals surface area contributed by atoms with Crippen molar-refractivity contribution in [3.63, 3.8) is 0 Å². The summed E-state index contributed by atoms with van der Waals surface area (Å²) in [5, 5.41) is 3.81. The van der Waals surface area contributed by atoms with Gasteiger partial charge in [0.1, 0.15) is 5.76 Å². The van der Waals surface area contributed by atoms with Gasteiger partial charge < -0.3 is 4.52 Å². The normalized spacial score (nSPS) is 12.0. The van der Waals surface area contributed by atoms with Crippen LogP contribution >= 0.6 is 0 Å². The number of nitrogens with zero attached hydrogens (tertiary/aromatic N) is 1. The van der Waals surface area contributed by atoms with E-state index in [2.05, 4.69) is 25.9 Å². The van der Waals surface area contributed by atoms with Gasteiger partial charge in [-0.05, 0) is 6.92 Å². The fourth-order valence-corrected chi connectivity index (χ4v) is 0.717. The van der Waals surface area contributed by atoms with E-state index >= 15 is 0 Å². The van der Waals surface area contributed by atoms with E-state index in [4.69, 9.17) is 4.52 Å². The second-order valence-corrected chi connectivity index (χ2v) is 3.58. The van der Waals surface area contributed by atoms with Crippen LogP contribution in [0.25, 0.3) is 0 Å². The van der Waals surface area contributed by atoms with E-state index in [1.54, 1.807) is 0 Å². The Morgan fingerprint density at radius 3 is 2.20 bits per heavy atom. The van der Waals surface area contributed by atoms with Crippen LogP contribution in [0.4, 0.5) is 0 Å². The average Bonchev–Trinajstić information content (AvgIpc) is 2.11. The number of hydrogen-bond donors (Lipinski definition) is 0. The van der Waals surface area contributed by atoms with Crippen molar-refractivity contribution in [2.24, 2.45) is 0 Å². The minimum atomic E-state index is 0.0846. The topological polar surface area (TPSA) is 26.0 Å². The first-order valence-corrected chi connectivity index (χ1v) is 3.44. The molecule has 0 spiro atoms. The first-order valence-electron chi connectivity index (χ1n) is 3.44. The van der Waals surface area contributed by atoms with Crippen LogP contribution in [-0.4, -0.2) is 5.16 Å². The van der Waals surface area contributed by atoms with Crippen molar-refractivity contribution in [3.8, 4) is 0 Å². The molecule has 0 saturated heterocycles. The Hall–Kier alpha value is -0.790. The smallest absolute Gasteiger partial charge is 0.142 e. The van der Waals surface area contributed by atoms with E-state index < -0.39 is 0 Å². The molecule has 0 aliphatic heterocycles. The summed E-state index contributed by atoms with van der Waals surface area (Å²) in [6.45, 7) is 8.24. The average molecular weight is 139 g/mol. The first kappa shape index (κ1) is 7.32. The maximum Gasteiger partial charge on any atom is 0.142 e. The third-order valence-electron chi connectivity index (χ3n) is 1.37. The lowest BCUT2D eigenvalue weighted by Crippen LogP contribution is -2.09.